The number of amides is 1. The third-order valence-electron chi connectivity index (χ3n) is 7.28. The lowest BCUT2D eigenvalue weighted by atomic mass is 9.70. The molecule has 6 heteroatoms. The van der Waals surface area contributed by atoms with Gasteiger partial charge in [-0.1, -0.05) is 27.2 Å². The normalized spacial score (nSPS) is 28.9. The van der Waals surface area contributed by atoms with Crippen LogP contribution in [0, 0.1) is 17.3 Å². The van der Waals surface area contributed by atoms with E-state index in [4.69, 9.17) is 9.47 Å². The number of aliphatic hydroxyl groups excluding tert-OH is 1. The van der Waals surface area contributed by atoms with Crippen LogP contribution in [0.25, 0.3) is 0 Å². The summed E-state index contributed by atoms with van der Waals surface area (Å²) in [5.74, 6) is 0.759. The van der Waals surface area contributed by atoms with Gasteiger partial charge in [0.15, 0.2) is 5.76 Å². The van der Waals surface area contributed by atoms with E-state index in [1.54, 1.807) is 0 Å². The number of aliphatic hydroxyl groups is 1. The summed E-state index contributed by atoms with van der Waals surface area (Å²) in [6.45, 7) is 13.3. The Balaban J connectivity index is 1.69. The molecule has 3 aliphatic heterocycles. The maximum atomic E-state index is 13.4. The topological polar surface area (TPSA) is 62.2 Å². The highest BCUT2D eigenvalue weighted by Crippen LogP contribution is 2.43. The maximum Gasteiger partial charge on any atom is 0.288 e. The molecule has 1 amide bonds. The van der Waals surface area contributed by atoms with Crippen LogP contribution in [0.3, 0.4) is 0 Å². The Morgan fingerprint density at radius 3 is 2.42 bits per heavy atom. The van der Waals surface area contributed by atoms with E-state index in [0.29, 0.717) is 24.8 Å². The molecule has 0 aliphatic carbocycles. The van der Waals surface area contributed by atoms with E-state index < -0.39 is 6.29 Å². The van der Waals surface area contributed by atoms with Gasteiger partial charge in [-0.3, -0.25) is 4.79 Å². The summed E-state index contributed by atoms with van der Waals surface area (Å²) in [6.07, 6.45) is 9.23. The summed E-state index contributed by atoms with van der Waals surface area (Å²) in [4.78, 5) is 18.0. The van der Waals surface area contributed by atoms with Gasteiger partial charge in [-0.05, 0) is 75.9 Å². The minimum atomic E-state index is -0.435. The Hall–Kier alpha value is -1.11. The highest BCUT2D eigenvalue weighted by atomic mass is 16.7. The highest BCUT2D eigenvalue weighted by molar-refractivity contribution is 5.91. The first kappa shape index (κ1) is 24.5. The molecule has 3 rings (SSSR count). The molecule has 3 atom stereocenters. The minimum absolute atomic E-state index is 0.0108. The van der Waals surface area contributed by atoms with Crippen LogP contribution >= 0.6 is 0 Å². The molecule has 1 N–H and O–H groups in total. The van der Waals surface area contributed by atoms with E-state index in [-0.39, 0.29) is 29.8 Å². The van der Waals surface area contributed by atoms with Gasteiger partial charge in [0.25, 0.3) is 5.91 Å². The molecule has 0 aromatic heterocycles. The molecule has 31 heavy (non-hydrogen) atoms. The van der Waals surface area contributed by atoms with E-state index in [0.717, 1.165) is 32.4 Å². The molecule has 0 unspecified atom stereocenters. The van der Waals surface area contributed by atoms with Crippen LogP contribution in [0.2, 0.25) is 0 Å². The van der Waals surface area contributed by atoms with Gasteiger partial charge in [0.2, 0.25) is 6.29 Å². The number of rotatable bonds is 7. The van der Waals surface area contributed by atoms with Gasteiger partial charge in [-0.25, -0.2) is 0 Å². The first-order valence-corrected chi connectivity index (χ1v) is 12.5. The van der Waals surface area contributed by atoms with Crippen LogP contribution in [0.1, 0.15) is 72.6 Å². The lowest BCUT2D eigenvalue weighted by Gasteiger charge is -2.44. The van der Waals surface area contributed by atoms with Crippen molar-refractivity contribution in [2.45, 2.75) is 85.0 Å². The van der Waals surface area contributed by atoms with Gasteiger partial charge >= 0.3 is 0 Å². The Morgan fingerprint density at radius 1 is 1.16 bits per heavy atom. The average Bonchev–Trinajstić information content (AvgIpc) is 2.77. The average molecular weight is 437 g/mol. The summed E-state index contributed by atoms with van der Waals surface area (Å²) in [6, 6.07) is 0.618. The summed E-state index contributed by atoms with van der Waals surface area (Å²) < 4.78 is 12.1. The van der Waals surface area contributed by atoms with Crippen LogP contribution in [-0.2, 0) is 14.3 Å². The van der Waals surface area contributed by atoms with Gasteiger partial charge in [-0.2, -0.15) is 0 Å². The molecule has 2 saturated heterocycles. The fourth-order valence-electron chi connectivity index (χ4n) is 5.56. The zero-order chi connectivity index (χ0) is 22.4. The zero-order valence-electron chi connectivity index (χ0n) is 20.1. The van der Waals surface area contributed by atoms with Crippen molar-refractivity contribution >= 4 is 5.91 Å². The first-order chi connectivity index (χ1) is 14.8. The van der Waals surface area contributed by atoms with Gasteiger partial charge in [0, 0.05) is 38.3 Å². The molecule has 3 aliphatic rings. The second-order valence-corrected chi connectivity index (χ2v) is 10.5. The van der Waals surface area contributed by atoms with Crippen molar-refractivity contribution in [1.82, 2.24) is 9.80 Å². The van der Waals surface area contributed by atoms with Crippen molar-refractivity contribution in [1.29, 1.82) is 0 Å². The van der Waals surface area contributed by atoms with Crippen molar-refractivity contribution in [3.63, 3.8) is 0 Å². The van der Waals surface area contributed by atoms with E-state index >= 15 is 0 Å². The summed E-state index contributed by atoms with van der Waals surface area (Å²) in [5, 5.41) is 9.37. The smallest absolute Gasteiger partial charge is 0.288 e. The van der Waals surface area contributed by atoms with Gasteiger partial charge in [0.05, 0.1) is 0 Å². The molecule has 6 nitrogen and oxygen atoms in total. The maximum absolute atomic E-state index is 13.4. The van der Waals surface area contributed by atoms with Gasteiger partial charge in [0.1, 0.15) is 0 Å². The van der Waals surface area contributed by atoms with Crippen molar-refractivity contribution in [2.24, 2.45) is 17.3 Å². The van der Waals surface area contributed by atoms with E-state index in [1.807, 2.05) is 11.8 Å². The molecule has 0 saturated carbocycles. The Kier molecular flexibility index (Phi) is 8.82. The van der Waals surface area contributed by atoms with Crippen molar-refractivity contribution in [3.05, 3.63) is 11.8 Å². The molecule has 0 aromatic carbocycles. The van der Waals surface area contributed by atoms with E-state index in [2.05, 4.69) is 31.7 Å². The van der Waals surface area contributed by atoms with Crippen LogP contribution in [0.4, 0.5) is 0 Å². The van der Waals surface area contributed by atoms with Crippen LogP contribution < -0.4 is 0 Å². The number of hydrogen-bond donors (Lipinski definition) is 1. The quantitative estimate of drug-likeness (QED) is 0.658. The molecule has 3 heterocycles. The zero-order valence-corrected chi connectivity index (χ0v) is 20.1. The number of likely N-dealkylation sites (tertiary alicyclic amines) is 2. The number of ether oxygens (including phenoxy) is 2. The fraction of sp³-hybridized carbons (Fsp3) is 0.880. The van der Waals surface area contributed by atoms with E-state index in [1.165, 1.54) is 32.4 Å². The molecule has 2 fully saturated rings. The standard InChI is InChI=1S/C25H44N2O4/c1-5-30-24-20(10-9-17-28)21(25(2,3)4)18-22(31-24)23(29)27-15-11-19(12-16-27)26-13-7-6-8-14-26/h18-21,24,28H,5-17H2,1-4H3/t20-,21-,24+/m1/s1. The summed E-state index contributed by atoms with van der Waals surface area (Å²) in [5.41, 5.74) is -0.0218. The molecular formula is C25H44N2O4. The Morgan fingerprint density at radius 2 is 1.84 bits per heavy atom. The SMILES string of the molecule is CCO[C@H]1OC(C(=O)N2CCC(N3CCCCC3)CC2)=C[C@@H](C(C)(C)C)[C@H]1CCCO. The Bertz CT molecular complexity index is 601. The lowest BCUT2D eigenvalue weighted by Crippen LogP contribution is -2.49. The number of hydrogen-bond acceptors (Lipinski definition) is 5. The minimum Gasteiger partial charge on any atom is -0.459 e. The largest absolute Gasteiger partial charge is 0.459 e. The molecule has 178 valence electrons. The second kappa shape index (κ2) is 11.2. The van der Waals surface area contributed by atoms with Crippen LogP contribution in [0.15, 0.2) is 11.8 Å². The summed E-state index contributed by atoms with van der Waals surface area (Å²) in [7, 11) is 0. The van der Waals surface area contributed by atoms with Gasteiger partial charge in [-0.15, -0.1) is 0 Å². The van der Waals surface area contributed by atoms with Crippen LogP contribution in [0.5, 0.6) is 0 Å². The summed E-state index contributed by atoms with van der Waals surface area (Å²) >= 11 is 0. The van der Waals surface area contributed by atoms with Gasteiger partial charge < -0.3 is 24.4 Å². The molecular weight excluding hydrogens is 392 g/mol. The predicted octanol–water partition coefficient (Wildman–Crippen LogP) is 3.79. The number of carbonyl (C=O) groups excluding carboxylic acids is 1. The lowest BCUT2D eigenvalue weighted by molar-refractivity contribution is -0.182. The van der Waals surface area contributed by atoms with Crippen molar-refractivity contribution in [3.8, 4) is 0 Å². The number of piperidine rings is 2. The number of nitrogens with zero attached hydrogens (tertiary/aromatic N) is 2. The molecule has 0 aromatic rings. The molecule has 0 bridgehead atoms. The Labute approximate surface area is 188 Å². The molecule has 0 radical (unpaired) electrons. The number of carbonyl (C=O) groups is 1. The van der Waals surface area contributed by atoms with Crippen molar-refractivity contribution < 1.29 is 19.4 Å². The van der Waals surface area contributed by atoms with E-state index in [9.17, 15) is 9.90 Å². The van der Waals surface area contributed by atoms with Crippen molar-refractivity contribution in [2.75, 3.05) is 39.4 Å². The third-order valence-corrected chi connectivity index (χ3v) is 7.28. The highest BCUT2D eigenvalue weighted by Gasteiger charge is 2.43. The fourth-order valence-corrected chi connectivity index (χ4v) is 5.56. The predicted molar refractivity (Wildman–Crippen MR) is 122 cm³/mol. The monoisotopic (exact) mass is 436 g/mol. The molecule has 0 spiro atoms. The third kappa shape index (κ3) is 6.23. The first-order valence-electron chi connectivity index (χ1n) is 12.5. The number of allylic oxidation sites excluding steroid dienone is 1. The van der Waals surface area contributed by atoms with Crippen LogP contribution in [-0.4, -0.2) is 72.5 Å². The second-order valence-electron chi connectivity index (χ2n) is 10.5.